The molecule has 4 aromatic carbocycles. The highest BCUT2D eigenvalue weighted by atomic mass is 32.2. The van der Waals surface area contributed by atoms with Gasteiger partial charge in [-0.1, -0.05) is 95.4 Å². The van der Waals surface area contributed by atoms with Crippen molar-refractivity contribution in [1.29, 1.82) is 0 Å². The Morgan fingerprint density at radius 1 is 0.951 bits per heavy atom. The summed E-state index contributed by atoms with van der Waals surface area (Å²) in [5.41, 5.74) is 3.83. The molecule has 5 aromatic rings. The zero-order valence-corrected chi connectivity index (χ0v) is 23.9. The highest BCUT2D eigenvalue weighted by Gasteiger charge is 2.48. The average Bonchev–Trinajstić information content (AvgIpc) is 3.55. The second-order valence-corrected chi connectivity index (χ2v) is 12.0. The molecule has 41 heavy (non-hydrogen) atoms. The van der Waals surface area contributed by atoms with Gasteiger partial charge in [0.1, 0.15) is 11.5 Å². The van der Waals surface area contributed by atoms with Crippen LogP contribution in [0.2, 0.25) is 0 Å². The van der Waals surface area contributed by atoms with E-state index in [1.807, 2.05) is 44.2 Å². The molecule has 6 rings (SSSR count). The van der Waals surface area contributed by atoms with E-state index in [1.165, 1.54) is 40.1 Å². The topological polar surface area (TPSA) is 104 Å². The van der Waals surface area contributed by atoms with Crippen molar-refractivity contribution in [2.45, 2.75) is 30.0 Å². The molecule has 204 valence electrons. The van der Waals surface area contributed by atoms with Crippen LogP contribution in [0.3, 0.4) is 0 Å². The summed E-state index contributed by atoms with van der Waals surface area (Å²) in [5, 5.41) is 32.5. The molecule has 2 N–H and O–H groups in total. The molecule has 2 heterocycles. The molecule has 0 aliphatic carbocycles. The smallest absolute Gasteiger partial charge is 0.301 e. The fourth-order valence-corrected chi connectivity index (χ4v) is 6.93. The van der Waals surface area contributed by atoms with Gasteiger partial charge in [-0.05, 0) is 59.5 Å². The Morgan fingerprint density at radius 3 is 2.51 bits per heavy atom. The van der Waals surface area contributed by atoms with Crippen LogP contribution in [0.15, 0.2) is 94.8 Å². The molecule has 0 radical (unpaired) electrons. The number of hydrogen-bond acceptors (Lipinski definition) is 8. The van der Waals surface area contributed by atoms with E-state index in [0.717, 1.165) is 27.5 Å². The van der Waals surface area contributed by atoms with Gasteiger partial charge in [0.2, 0.25) is 5.13 Å². The third kappa shape index (κ3) is 4.98. The summed E-state index contributed by atoms with van der Waals surface area (Å²) < 4.78 is 0.647. The van der Waals surface area contributed by atoms with Gasteiger partial charge in [-0.25, -0.2) is 0 Å². The summed E-state index contributed by atoms with van der Waals surface area (Å²) in [6.07, 6.45) is 0. The monoisotopic (exact) mass is 579 g/mol. The van der Waals surface area contributed by atoms with Crippen LogP contribution in [0.5, 0.6) is 5.75 Å². The number of ketones is 1. The molecule has 1 amide bonds. The van der Waals surface area contributed by atoms with Gasteiger partial charge in [0.15, 0.2) is 4.34 Å². The van der Waals surface area contributed by atoms with Crippen molar-refractivity contribution in [1.82, 2.24) is 10.2 Å². The van der Waals surface area contributed by atoms with Crippen molar-refractivity contribution in [2.75, 3.05) is 4.90 Å². The van der Waals surface area contributed by atoms with E-state index in [9.17, 15) is 19.8 Å². The maximum atomic E-state index is 13.5. The lowest BCUT2D eigenvalue weighted by molar-refractivity contribution is -0.132. The number of thioether (sulfide) groups is 1. The number of aromatic nitrogens is 2. The lowest BCUT2D eigenvalue weighted by Gasteiger charge is -2.22. The van der Waals surface area contributed by atoms with Crippen molar-refractivity contribution in [3.05, 3.63) is 118 Å². The quantitative estimate of drug-likeness (QED) is 0.0739. The van der Waals surface area contributed by atoms with Crippen LogP contribution >= 0.6 is 23.1 Å². The van der Waals surface area contributed by atoms with Gasteiger partial charge in [0.25, 0.3) is 5.78 Å². The van der Waals surface area contributed by atoms with Gasteiger partial charge in [-0.2, -0.15) is 0 Å². The Labute approximate surface area is 244 Å². The lowest BCUT2D eigenvalue weighted by atomic mass is 9.93. The second-order valence-electron chi connectivity index (χ2n) is 9.86. The third-order valence-electron chi connectivity index (χ3n) is 7.13. The van der Waals surface area contributed by atoms with Crippen molar-refractivity contribution >= 4 is 56.5 Å². The van der Waals surface area contributed by atoms with Crippen molar-refractivity contribution < 1.29 is 19.8 Å². The molecule has 1 aromatic heterocycles. The first-order valence-electron chi connectivity index (χ1n) is 12.9. The van der Waals surface area contributed by atoms with E-state index >= 15 is 0 Å². The van der Waals surface area contributed by atoms with Crippen LogP contribution in [0.25, 0.3) is 16.5 Å². The first-order valence-corrected chi connectivity index (χ1v) is 14.7. The highest BCUT2D eigenvalue weighted by molar-refractivity contribution is 8.00. The summed E-state index contributed by atoms with van der Waals surface area (Å²) in [7, 11) is 0. The normalized spacial score (nSPS) is 16.5. The highest BCUT2D eigenvalue weighted by Crippen LogP contribution is 2.44. The number of aryl methyl sites for hydroxylation is 2. The minimum Gasteiger partial charge on any atom is -0.508 e. The Hall–Kier alpha value is -4.47. The van der Waals surface area contributed by atoms with Gasteiger partial charge >= 0.3 is 5.91 Å². The number of benzene rings is 4. The van der Waals surface area contributed by atoms with Crippen molar-refractivity contribution in [3.63, 3.8) is 0 Å². The van der Waals surface area contributed by atoms with Crippen LogP contribution in [-0.2, 0) is 15.3 Å². The van der Waals surface area contributed by atoms with Crippen LogP contribution in [0, 0.1) is 13.8 Å². The van der Waals surface area contributed by atoms with Crippen LogP contribution < -0.4 is 4.90 Å². The first-order chi connectivity index (χ1) is 19.8. The Morgan fingerprint density at radius 2 is 1.71 bits per heavy atom. The van der Waals surface area contributed by atoms with Gasteiger partial charge in [-0.3, -0.25) is 14.5 Å². The number of carbonyl (C=O) groups is 2. The lowest BCUT2D eigenvalue weighted by Crippen LogP contribution is -2.29. The van der Waals surface area contributed by atoms with Crippen LogP contribution in [0.4, 0.5) is 5.13 Å². The van der Waals surface area contributed by atoms with E-state index in [1.54, 1.807) is 18.2 Å². The number of phenols is 1. The number of hydrogen-bond donors (Lipinski definition) is 2. The van der Waals surface area contributed by atoms with Gasteiger partial charge in [0, 0.05) is 11.3 Å². The maximum Gasteiger partial charge on any atom is 0.301 e. The minimum atomic E-state index is -0.945. The first kappa shape index (κ1) is 26.7. The van der Waals surface area contributed by atoms with Gasteiger partial charge < -0.3 is 10.2 Å². The maximum absolute atomic E-state index is 13.5. The SMILES string of the molecule is Cc1ccc(C)c(/C(O)=C2\C(=O)C(=O)N(c3nnc(SCc4cccc5ccccc45)s3)C2c2ccc(O)cc2)c1. The summed E-state index contributed by atoms with van der Waals surface area (Å²) in [6.45, 7) is 3.73. The minimum absolute atomic E-state index is 0.0328. The summed E-state index contributed by atoms with van der Waals surface area (Å²) in [5.74, 6) is -1.15. The number of fused-ring (bicyclic) bond motifs is 1. The molecule has 1 atom stereocenters. The fraction of sp³-hybridized carbons (Fsp3) is 0.125. The Balaban J connectivity index is 1.38. The number of nitrogens with zero attached hydrogens (tertiary/aromatic N) is 3. The Bertz CT molecular complexity index is 1840. The molecule has 1 saturated heterocycles. The van der Waals surface area contributed by atoms with E-state index in [0.29, 0.717) is 21.2 Å². The van der Waals surface area contributed by atoms with Crippen molar-refractivity contribution in [3.8, 4) is 5.75 Å². The predicted molar refractivity (Wildman–Crippen MR) is 162 cm³/mol. The molecule has 0 spiro atoms. The number of Topliss-reactive ketones (excluding diaryl/α,β-unsaturated/α-hetero) is 1. The van der Waals surface area contributed by atoms with E-state index in [2.05, 4.69) is 34.5 Å². The number of anilines is 1. The van der Waals surface area contributed by atoms with Crippen LogP contribution in [-0.4, -0.2) is 32.1 Å². The van der Waals surface area contributed by atoms with Gasteiger partial charge in [-0.15, -0.1) is 10.2 Å². The van der Waals surface area contributed by atoms with Crippen LogP contribution in [0.1, 0.15) is 33.9 Å². The third-order valence-corrected chi connectivity index (χ3v) is 9.24. The molecule has 0 bridgehead atoms. The van der Waals surface area contributed by atoms with Crippen molar-refractivity contribution in [2.24, 2.45) is 0 Å². The molecular weight excluding hydrogens is 555 g/mol. The molecule has 1 unspecified atom stereocenters. The molecule has 9 heteroatoms. The number of carbonyl (C=O) groups excluding carboxylic acids is 2. The number of aromatic hydroxyl groups is 1. The molecule has 1 aliphatic rings. The molecule has 1 aliphatic heterocycles. The number of phenolic OH excluding ortho intramolecular Hbond substituents is 1. The molecular formula is C32H25N3O4S2. The van der Waals surface area contributed by atoms with E-state index in [-0.39, 0.29) is 22.2 Å². The standard InChI is InChI=1S/C32H25N3O4S2/c1-18-10-11-19(2)25(16-18)28(37)26-27(21-12-14-23(36)15-13-21)35(30(39)29(26)38)31-33-34-32(41-31)40-17-22-8-5-7-20-6-3-4-9-24(20)22/h3-16,27,36-37H,17H2,1-2H3/b28-26+. The zero-order valence-electron chi connectivity index (χ0n) is 22.2. The number of rotatable bonds is 6. The number of amides is 1. The second kappa shape index (κ2) is 10.8. The van der Waals surface area contributed by atoms with Gasteiger partial charge in [0.05, 0.1) is 11.6 Å². The molecule has 1 fully saturated rings. The number of aliphatic hydroxyl groups excluding tert-OH is 1. The zero-order chi connectivity index (χ0) is 28.7. The molecule has 0 saturated carbocycles. The largest absolute Gasteiger partial charge is 0.508 e. The number of aliphatic hydroxyl groups is 1. The molecule has 7 nitrogen and oxygen atoms in total. The predicted octanol–water partition coefficient (Wildman–Crippen LogP) is 6.93. The summed E-state index contributed by atoms with van der Waals surface area (Å²) in [4.78, 5) is 28.3. The van der Waals surface area contributed by atoms with E-state index in [4.69, 9.17) is 0 Å². The fourth-order valence-electron chi connectivity index (χ4n) is 5.05. The average molecular weight is 580 g/mol. The van der Waals surface area contributed by atoms with E-state index < -0.39 is 17.7 Å². The summed E-state index contributed by atoms with van der Waals surface area (Å²) in [6, 6.07) is 25.2. The summed E-state index contributed by atoms with van der Waals surface area (Å²) >= 11 is 2.72. The Kier molecular flexibility index (Phi) is 7.07.